The maximum absolute atomic E-state index is 12.7. The zero-order chi connectivity index (χ0) is 18.1. The van der Waals surface area contributed by atoms with E-state index < -0.39 is 0 Å². The van der Waals surface area contributed by atoms with E-state index in [1.807, 2.05) is 18.4 Å². The van der Waals surface area contributed by atoms with Crippen molar-refractivity contribution in [3.63, 3.8) is 0 Å². The van der Waals surface area contributed by atoms with Crippen molar-refractivity contribution in [2.75, 3.05) is 13.6 Å². The first kappa shape index (κ1) is 17.1. The van der Waals surface area contributed by atoms with Crippen molar-refractivity contribution in [1.29, 1.82) is 0 Å². The normalized spacial score (nSPS) is 13.1. The van der Waals surface area contributed by atoms with Gasteiger partial charge in [-0.1, -0.05) is 6.08 Å². The van der Waals surface area contributed by atoms with Gasteiger partial charge in [-0.3, -0.25) is 19.3 Å². The molecule has 5 nitrogen and oxygen atoms in total. The van der Waals surface area contributed by atoms with Crippen LogP contribution in [0.4, 0.5) is 0 Å². The fraction of sp³-hybridized carbons (Fsp3) is 0.211. The van der Waals surface area contributed by atoms with Crippen LogP contribution >= 0.6 is 11.3 Å². The number of benzene rings is 1. The van der Waals surface area contributed by atoms with Crippen LogP contribution in [0.2, 0.25) is 0 Å². The molecular formula is C19H18N2O3S. The number of hydrogen-bond acceptors (Lipinski definition) is 4. The van der Waals surface area contributed by atoms with Crippen LogP contribution in [0.15, 0.2) is 42.3 Å². The molecule has 25 heavy (non-hydrogen) atoms. The van der Waals surface area contributed by atoms with Gasteiger partial charge in [-0.2, -0.15) is 0 Å². The summed E-state index contributed by atoms with van der Waals surface area (Å²) in [5.41, 5.74) is 2.16. The molecule has 1 aromatic heterocycles. The number of imide groups is 1. The number of aryl methyl sites for hydroxylation is 1. The highest BCUT2D eigenvalue weighted by Gasteiger charge is 2.35. The van der Waals surface area contributed by atoms with Gasteiger partial charge in [0.25, 0.3) is 17.7 Å². The second-order valence-corrected chi connectivity index (χ2v) is 6.96. The molecule has 0 spiro atoms. The first-order valence-corrected chi connectivity index (χ1v) is 8.71. The van der Waals surface area contributed by atoms with Crippen LogP contribution < -0.4 is 0 Å². The summed E-state index contributed by atoms with van der Waals surface area (Å²) in [5, 5.41) is 2.00. The van der Waals surface area contributed by atoms with E-state index in [1.165, 1.54) is 12.1 Å². The molecule has 0 radical (unpaired) electrons. The fourth-order valence-corrected chi connectivity index (χ4v) is 3.75. The van der Waals surface area contributed by atoms with Gasteiger partial charge in [0.1, 0.15) is 0 Å². The van der Waals surface area contributed by atoms with Crippen LogP contribution in [-0.2, 0) is 6.54 Å². The number of rotatable bonds is 5. The second-order valence-electron chi connectivity index (χ2n) is 5.96. The minimum absolute atomic E-state index is 0.160. The van der Waals surface area contributed by atoms with Crippen molar-refractivity contribution in [2.45, 2.75) is 13.5 Å². The third kappa shape index (κ3) is 3.00. The topological polar surface area (TPSA) is 57.7 Å². The van der Waals surface area contributed by atoms with E-state index in [1.54, 1.807) is 35.4 Å². The lowest BCUT2D eigenvalue weighted by molar-refractivity contribution is 0.0671. The van der Waals surface area contributed by atoms with Crippen molar-refractivity contribution in [1.82, 2.24) is 9.80 Å². The largest absolute Gasteiger partial charge is 0.337 e. The van der Waals surface area contributed by atoms with E-state index >= 15 is 0 Å². The summed E-state index contributed by atoms with van der Waals surface area (Å²) in [4.78, 5) is 41.2. The molecule has 0 saturated heterocycles. The highest BCUT2D eigenvalue weighted by molar-refractivity contribution is 7.10. The van der Waals surface area contributed by atoms with Crippen molar-refractivity contribution in [3.8, 4) is 0 Å². The highest BCUT2D eigenvalue weighted by atomic mass is 32.1. The predicted molar refractivity (Wildman–Crippen MR) is 96.9 cm³/mol. The monoisotopic (exact) mass is 354 g/mol. The molecule has 0 unspecified atom stereocenters. The van der Waals surface area contributed by atoms with Gasteiger partial charge in [0.15, 0.2) is 0 Å². The average Bonchev–Trinajstić information content (AvgIpc) is 3.11. The molecule has 0 bridgehead atoms. The van der Waals surface area contributed by atoms with Gasteiger partial charge in [0, 0.05) is 24.0 Å². The molecule has 6 heteroatoms. The summed E-state index contributed by atoms with van der Waals surface area (Å²) in [5.74, 6) is -0.911. The summed E-state index contributed by atoms with van der Waals surface area (Å²) in [7, 11) is 1.73. The van der Waals surface area contributed by atoms with E-state index in [9.17, 15) is 14.4 Å². The smallest absolute Gasteiger partial charge is 0.261 e. The average molecular weight is 354 g/mol. The van der Waals surface area contributed by atoms with Gasteiger partial charge in [-0.05, 0) is 42.1 Å². The number of carbonyl (C=O) groups is 3. The van der Waals surface area contributed by atoms with Gasteiger partial charge in [0.05, 0.1) is 17.7 Å². The Morgan fingerprint density at radius 2 is 1.96 bits per heavy atom. The molecule has 1 aliphatic heterocycles. The standard InChI is InChI=1S/C19H18N2O3S/c1-4-8-21-18(23)14-6-5-13(10-15(14)19(21)24)17(22)20(3)11-16-12(2)7-9-25-16/h4-7,9-10H,1,8,11H2,2-3H3. The van der Waals surface area contributed by atoms with Crippen LogP contribution in [0, 0.1) is 6.92 Å². The Morgan fingerprint density at radius 3 is 2.60 bits per heavy atom. The summed E-state index contributed by atoms with van der Waals surface area (Å²) in [6, 6.07) is 6.68. The van der Waals surface area contributed by atoms with Crippen LogP contribution in [-0.4, -0.2) is 41.1 Å². The minimum Gasteiger partial charge on any atom is -0.337 e. The number of carbonyl (C=O) groups excluding carboxylic acids is 3. The zero-order valence-corrected chi connectivity index (χ0v) is 14.9. The molecule has 2 heterocycles. The number of nitrogens with zero attached hydrogens (tertiary/aromatic N) is 2. The molecule has 1 aliphatic rings. The third-order valence-corrected chi connectivity index (χ3v) is 5.23. The number of hydrogen-bond donors (Lipinski definition) is 0. The fourth-order valence-electron chi connectivity index (χ4n) is 2.79. The lowest BCUT2D eigenvalue weighted by atomic mass is 10.0. The third-order valence-electron chi connectivity index (χ3n) is 4.22. The Morgan fingerprint density at radius 1 is 1.24 bits per heavy atom. The highest BCUT2D eigenvalue weighted by Crippen LogP contribution is 2.25. The van der Waals surface area contributed by atoms with Crippen molar-refractivity contribution in [2.24, 2.45) is 0 Å². The lowest BCUT2D eigenvalue weighted by Gasteiger charge is -2.17. The molecule has 0 aliphatic carbocycles. The molecule has 0 atom stereocenters. The van der Waals surface area contributed by atoms with Crippen LogP contribution in [0.1, 0.15) is 41.5 Å². The van der Waals surface area contributed by atoms with Gasteiger partial charge in [0.2, 0.25) is 0 Å². The van der Waals surface area contributed by atoms with Crippen molar-refractivity contribution < 1.29 is 14.4 Å². The van der Waals surface area contributed by atoms with E-state index in [0.717, 1.165) is 15.3 Å². The number of thiophene rings is 1. The Bertz CT molecular complexity index is 885. The summed E-state index contributed by atoms with van der Waals surface area (Å²) in [6.45, 7) is 6.24. The van der Waals surface area contributed by atoms with Gasteiger partial charge < -0.3 is 4.90 Å². The van der Waals surface area contributed by atoms with Crippen LogP contribution in [0.25, 0.3) is 0 Å². The predicted octanol–water partition coefficient (Wildman–Crippen LogP) is 3.11. The molecular weight excluding hydrogens is 336 g/mol. The second kappa shape index (κ2) is 6.64. The molecule has 0 fully saturated rings. The quantitative estimate of drug-likeness (QED) is 0.612. The maximum atomic E-state index is 12.7. The molecule has 3 amide bonds. The Balaban J connectivity index is 1.84. The zero-order valence-electron chi connectivity index (χ0n) is 14.1. The summed E-state index contributed by atoms with van der Waals surface area (Å²) in [6.07, 6.45) is 1.50. The number of fused-ring (bicyclic) bond motifs is 1. The van der Waals surface area contributed by atoms with E-state index in [0.29, 0.717) is 17.7 Å². The van der Waals surface area contributed by atoms with Gasteiger partial charge in [-0.15, -0.1) is 17.9 Å². The molecule has 1 aromatic carbocycles. The molecule has 0 N–H and O–H groups in total. The first-order chi connectivity index (χ1) is 11.9. The lowest BCUT2D eigenvalue weighted by Crippen LogP contribution is -2.29. The van der Waals surface area contributed by atoms with Gasteiger partial charge >= 0.3 is 0 Å². The Kier molecular flexibility index (Phi) is 4.55. The molecule has 0 saturated carbocycles. The Hall–Kier alpha value is -2.73. The van der Waals surface area contributed by atoms with E-state index in [2.05, 4.69) is 6.58 Å². The SMILES string of the molecule is C=CCN1C(=O)c2ccc(C(=O)N(C)Cc3sccc3C)cc2C1=O. The van der Waals surface area contributed by atoms with Crippen molar-refractivity contribution in [3.05, 3.63) is 69.4 Å². The van der Waals surface area contributed by atoms with Crippen LogP contribution in [0.3, 0.4) is 0 Å². The molecule has 3 rings (SSSR count). The Labute approximate surface area is 150 Å². The minimum atomic E-state index is -0.383. The number of amides is 3. The van der Waals surface area contributed by atoms with Crippen LogP contribution in [0.5, 0.6) is 0 Å². The summed E-state index contributed by atoms with van der Waals surface area (Å²) < 4.78 is 0. The van der Waals surface area contributed by atoms with Crippen molar-refractivity contribution >= 4 is 29.1 Å². The van der Waals surface area contributed by atoms with E-state index in [-0.39, 0.29) is 29.8 Å². The first-order valence-electron chi connectivity index (χ1n) is 7.83. The molecule has 128 valence electrons. The maximum Gasteiger partial charge on any atom is 0.261 e. The van der Waals surface area contributed by atoms with E-state index in [4.69, 9.17) is 0 Å². The summed E-state index contributed by atoms with van der Waals surface area (Å²) >= 11 is 1.61. The van der Waals surface area contributed by atoms with Gasteiger partial charge in [-0.25, -0.2) is 0 Å². The molecule has 2 aromatic rings.